The van der Waals surface area contributed by atoms with Crippen LogP contribution in [0.4, 0.5) is 5.69 Å². The van der Waals surface area contributed by atoms with Crippen LogP contribution in [-0.2, 0) is 6.42 Å². The minimum absolute atomic E-state index is 0.0890. The summed E-state index contributed by atoms with van der Waals surface area (Å²) < 4.78 is 6.67. The Morgan fingerprint density at radius 1 is 0.947 bits per heavy atom. The van der Waals surface area contributed by atoms with E-state index in [9.17, 15) is 9.59 Å². The average molecular weight is 615 g/mol. The van der Waals surface area contributed by atoms with Crippen molar-refractivity contribution >= 4 is 62.4 Å². The summed E-state index contributed by atoms with van der Waals surface area (Å²) in [5.41, 5.74) is 2.40. The maximum atomic E-state index is 13.1. The fourth-order valence-electron chi connectivity index (χ4n) is 4.35. The van der Waals surface area contributed by atoms with E-state index in [1.54, 1.807) is 30.3 Å². The summed E-state index contributed by atoms with van der Waals surface area (Å²) in [7, 11) is 0. The number of anilines is 1. The van der Waals surface area contributed by atoms with Crippen molar-refractivity contribution in [1.29, 1.82) is 0 Å². The lowest BCUT2D eigenvalue weighted by Crippen LogP contribution is -2.36. The van der Waals surface area contributed by atoms with E-state index >= 15 is 0 Å². The number of carbonyl (C=O) groups is 2. The van der Waals surface area contributed by atoms with Crippen LogP contribution in [0.3, 0.4) is 0 Å². The topological polar surface area (TPSA) is 79.5 Å². The van der Waals surface area contributed by atoms with Gasteiger partial charge in [-0.1, -0.05) is 77.1 Å². The van der Waals surface area contributed by atoms with Gasteiger partial charge in [-0.15, -0.1) is 0 Å². The van der Waals surface area contributed by atoms with Crippen molar-refractivity contribution in [3.8, 4) is 5.75 Å². The fourth-order valence-corrected chi connectivity index (χ4v) is 5.12. The first-order valence-corrected chi connectivity index (χ1v) is 14.2. The molecule has 0 aliphatic heterocycles. The van der Waals surface area contributed by atoms with E-state index in [4.69, 9.17) is 28.6 Å². The predicted molar refractivity (Wildman–Crippen MR) is 159 cm³/mol. The summed E-state index contributed by atoms with van der Waals surface area (Å²) in [5, 5.41) is 9.19. The van der Waals surface area contributed by atoms with Gasteiger partial charge in [-0.25, -0.2) is 0 Å². The second-order valence-corrected chi connectivity index (χ2v) is 10.9. The lowest BCUT2D eigenvalue weighted by Gasteiger charge is -2.23. The van der Waals surface area contributed by atoms with E-state index in [-0.39, 0.29) is 17.1 Å². The second kappa shape index (κ2) is 13.7. The minimum atomic E-state index is -0.414. The Kier molecular flexibility index (Phi) is 10.1. The van der Waals surface area contributed by atoms with Crippen molar-refractivity contribution in [2.24, 2.45) is 0 Å². The molecular weight excluding hydrogens is 586 g/mol. The highest BCUT2D eigenvalue weighted by atomic mass is 79.9. The highest BCUT2D eigenvalue weighted by Gasteiger charge is 2.19. The zero-order valence-corrected chi connectivity index (χ0v) is 23.9. The molecule has 0 saturated heterocycles. The fraction of sp³-hybridized carbons (Fsp3) is 0.276. The molecule has 1 aliphatic rings. The van der Waals surface area contributed by atoms with Gasteiger partial charge in [-0.2, -0.15) is 0 Å². The highest BCUT2D eigenvalue weighted by molar-refractivity contribution is 9.10. The molecule has 0 aromatic heterocycles. The zero-order valence-electron chi connectivity index (χ0n) is 20.8. The number of hydrogen-bond donors (Lipinski definition) is 3. The highest BCUT2D eigenvalue weighted by Crippen LogP contribution is 2.25. The Hall–Kier alpha value is -2.94. The Morgan fingerprint density at radius 3 is 2.47 bits per heavy atom. The second-order valence-electron chi connectivity index (χ2n) is 9.14. The van der Waals surface area contributed by atoms with Gasteiger partial charge >= 0.3 is 0 Å². The van der Waals surface area contributed by atoms with Crippen LogP contribution in [0.2, 0.25) is 5.02 Å². The van der Waals surface area contributed by atoms with Crippen molar-refractivity contribution in [2.45, 2.75) is 44.6 Å². The molecule has 3 aromatic carbocycles. The summed E-state index contributed by atoms with van der Waals surface area (Å²) in [6.45, 7) is 0.422. The van der Waals surface area contributed by atoms with Gasteiger partial charge in [-0.05, 0) is 67.0 Å². The number of hydrogen-bond acceptors (Lipinski definition) is 4. The monoisotopic (exact) mass is 613 g/mol. The summed E-state index contributed by atoms with van der Waals surface area (Å²) in [5.74, 6) is -0.174. The zero-order chi connectivity index (χ0) is 26.9. The molecule has 0 spiro atoms. The Morgan fingerprint density at radius 2 is 1.71 bits per heavy atom. The number of ether oxygens (including phenoxy) is 1. The maximum absolute atomic E-state index is 13.1. The van der Waals surface area contributed by atoms with Crippen LogP contribution in [0.25, 0.3) is 0 Å². The van der Waals surface area contributed by atoms with Crippen LogP contribution in [0, 0.1) is 0 Å². The summed E-state index contributed by atoms with van der Waals surface area (Å²) in [6, 6.07) is 20.4. The number of thiocarbonyl (C=S) groups is 1. The number of halogens is 2. The van der Waals surface area contributed by atoms with E-state index in [2.05, 4.69) is 31.9 Å². The largest absolute Gasteiger partial charge is 0.492 e. The number of nitrogens with one attached hydrogen (secondary N) is 3. The maximum Gasteiger partial charge on any atom is 0.261 e. The molecule has 3 N–H and O–H groups in total. The molecule has 1 aliphatic carbocycles. The minimum Gasteiger partial charge on any atom is -0.492 e. The van der Waals surface area contributed by atoms with Gasteiger partial charge in [0.15, 0.2) is 5.11 Å². The molecule has 1 fully saturated rings. The van der Waals surface area contributed by atoms with E-state index in [1.807, 2.05) is 36.4 Å². The van der Waals surface area contributed by atoms with Crippen LogP contribution in [0.5, 0.6) is 5.75 Å². The summed E-state index contributed by atoms with van der Waals surface area (Å²) >= 11 is 15.1. The smallest absolute Gasteiger partial charge is 0.261 e. The normalized spacial score (nSPS) is 13.4. The molecule has 0 radical (unpaired) electrons. The third kappa shape index (κ3) is 8.03. The third-order valence-electron chi connectivity index (χ3n) is 6.31. The van der Waals surface area contributed by atoms with Gasteiger partial charge in [0.05, 0.1) is 22.8 Å². The average Bonchev–Trinajstić information content (AvgIpc) is 2.91. The van der Waals surface area contributed by atoms with Crippen molar-refractivity contribution < 1.29 is 14.3 Å². The molecule has 198 valence electrons. The number of benzene rings is 3. The standard InChI is InChI=1S/C29H29BrClN3O3S/c30-20-11-14-26(37-16-15-19-7-3-1-4-8-19)24(17-20)28(36)34-29(38)33-22-12-13-25(31)23(18-22)27(35)32-21-9-5-2-6-10-21/h1,3-4,7-8,11-14,17-18,21H,2,5-6,9-10,15-16H2,(H,32,35)(H2,33,34,36,38). The van der Waals surface area contributed by atoms with Crippen LogP contribution in [0.15, 0.2) is 71.2 Å². The molecule has 0 unspecified atom stereocenters. The van der Waals surface area contributed by atoms with Gasteiger partial charge in [0.25, 0.3) is 11.8 Å². The van der Waals surface area contributed by atoms with E-state index in [0.717, 1.165) is 35.7 Å². The van der Waals surface area contributed by atoms with Gasteiger partial charge in [0, 0.05) is 22.6 Å². The molecule has 0 heterocycles. The van der Waals surface area contributed by atoms with Gasteiger partial charge in [-0.3, -0.25) is 14.9 Å². The molecule has 4 rings (SSSR count). The molecule has 6 nitrogen and oxygen atoms in total. The molecule has 9 heteroatoms. The van der Waals surface area contributed by atoms with Crippen LogP contribution in [-0.4, -0.2) is 29.6 Å². The lowest BCUT2D eigenvalue weighted by atomic mass is 9.95. The molecule has 2 amide bonds. The van der Waals surface area contributed by atoms with Gasteiger partial charge in [0.2, 0.25) is 0 Å². The molecule has 1 saturated carbocycles. The molecule has 0 atom stereocenters. The first-order valence-electron chi connectivity index (χ1n) is 12.6. The quantitative estimate of drug-likeness (QED) is 0.240. The van der Waals surface area contributed by atoms with Gasteiger partial charge in [0.1, 0.15) is 5.75 Å². The Balaban J connectivity index is 1.37. The molecule has 3 aromatic rings. The first kappa shape index (κ1) is 28.1. The van der Waals surface area contributed by atoms with Crippen molar-refractivity contribution in [2.75, 3.05) is 11.9 Å². The summed E-state index contributed by atoms with van der Waals surface area (Å²) in [6.07, 6.45) is 6.11. The third-order valence-corrected chi connectivity index (χ3v) is 7.34. The molecule has 0 bridgehead atoms. The molecular formula is C29H29BrClN3O3S. The Labute approximate surface area is 241 Å². The number of carbonyl (C=O) groups excluding carboxylic acids is 2. The van der Waals surface area contributed by atoms with Crippen molar-refractivity contribution in [3.05, 3.63) is 92.9 Å². The lowest BCUT2D eigenvalue weighted by molar-refractivity contribution is 0.0926. The number of amides is 2. The summed E-state index contributed by atoms with van der Waals surface area (Å²) in [4.78, 5) is 25.9. The first-order chi connectivity index (χ1) is 18.4. The van der Waals surface area contributed by atoms with Crippen LogP contribution >= 0.6 is 39.7 Å². The predicted octanol–water partition coefficient (Wildman–Crippen LogP) is 6.91. The molecule has 38 heavy (non-hydrogen) atoms. The van der Waals surface area contributed by atoms with Crippen LogP contribution < -0.4 is 20.7 Å². The van der Waals surface area contributed by atoms with E-state index in [1.165, 1.54) is 6.42 Å². The van der Waals surface area contributed by atoms with Crippen molar-refractivity contribution in [1.82, 2.24) is 10.6 Å². The van der Waals surface area contributed by atoms with E-state index in [0.29, 0.717) is 40.6 Å². The number of rotatable bonds is 8. The van der Waals surface area contributed by atoms with Crippen molar-refractivity contribution in [3.63, 3.8) is 0 Å². The SMILES string of the molecule is O=C(NC1CCCCC1)c1cc(NC(=S)NC(=O)c2cc(Br)ccc2OCCc2ccccc2)ccc1Cl. The van der Waals surface area contributed by atoms with Crippen LogP contribution in [0.1, 0.15) is 58.4 Å². The Bertz CT molecular complexity index is 1300. The van der Waals surface area contributed by atoms with E-state index < -0.39 is 5.91 Å². The van der Waals surface area contributed by atoms with Gasteiger partial charge < -0.3 is 15.4 Å².